The first-order chi connectivity index (χ1) is 11.5. The average Bonchev–Trinajstić information content (AvgIpc) is 3.22. The molecule has 2 heterocycles. The van der Waals surface area contributed by atoms with Crippen LogP contribution in [-0.2, 0) is 11.2 Å². The number of aryl methyl sites for hydroxylation is 1. The van der Waals surface area contributed by atoms with Gasteiger partial charge in [-0.2, -0.15) is 0 Å². The third-order valence-electron chi connectivity index (χ3n) is 4.09. The van der Waals surface area contributed by atoms with E-state index in [-0.39, 0.29) is 5.91 Å². The lowest BCUT2D eigenvalue weighted by atomic mass is 10.0. The second kappa shape index (κ2) is 9.38. The van der Waals surface area contributed by atoms with E-state index < -0.39 is 4.75 Å². The number of hydrogen-bond donors (Lipinski definition) is 2. The Morgan fingerprint density at radius 1 is 1.21 bits per heavy atom. The zero-order valence-corrected chi connectivity index (χ0v) is 17.8. The van der Waals surface area contributed by atoms with E-state index >= 15 is 0 Å². The van der Waals surface area contributed by atoms with Crippen LogP contribution in [0.4, 0.5) is 0 Å². The first-order valence-corrected chi connectivity index (χ1v) is 11.5. The summed E-state index contributed by atoms with van der Waals surface area (Å²) < 4.78 is 0.619. The summed E-state index contributed by atoms with van der Waals surface area (Å²) in [5, 5.41) is 8.84. The third kappa shape index (κ3) is 5.33. The summed E-state index contributed by atoms with van der Waals surface area (Å²) in [6.45, 7) is 1.88. The number of thioether (sulfide) groups is 1. The van der Waals surface area contributed by atoms with Crippen molar-refractivity contribution in [1.82, 2.24) is 5.48 Å². The molecule has 2 N–H and O–H groups in total. The van der Waals surface area contributed by atoms with E-state index in [2.05, 4.69) is 40.2 Å². The van der Waals surface area contributed by atoms with Crippen LogP contribution in [0.5, 0.6) is 0 Å². The second-order valence-corrected chi connectivity index (χ2v) is 10.7. The Balaban J connectivity index is 1.75. The maximum atomic E-state index is 11.7. The van der Waals surface area contributed by atoms with Crippen molar-refractivity contribution in [3.63, 3.8) is 0 Å². The normalized spacial score (nSPS) is 13.7. The Labute approximate surface area is 164 Å². The fourth-order valence-corrected chi connectivity index (χ4v) is 5.56. The fraction of sp³-hybridized carbons (Fsp3) is 0.471. The van der Waals surface area contributed by atoms with Gasteiger partial charge in [-0.1, -0.05) is 12.8 Å². The van der Waals surface area contributed by atoms with Gasteiger partial charge in [-0.05, 0) is 72.6 Å². The number of halogens is 1. The Morgan fingerprint density at radius 3 is 2.54 bits per heavy atom. The van der Waals surface area contributed by atoms with Gasteiger partial charge in [0.1, 0.15) is 0 Å². The van der Waals surface area contributed by atoms with Crippen LogP contribution in [0, 0.1) is 0 Å². The van der Waals surface area contributed by atoms with Gasteiger partial charge in [-0.25, -0.2) is 5.48 Å². The van der Waals surface area contributed by atoms with Gasteiger partial charge >= 0.3 is 0 Å². The summed E-state index contributed by atoms with van der Waals surface area (Å²) in [4.78, 5) is 15.8. The summed E-state index contributed by atoms with van der Waals surface area (Å²) in [5.74, 6) is -0.306. The summed E-state index contributed by atoms with van der Waals surface area (Å²) in [6.07, 6.45) is 6.97. The molecular weight excluding hydrogens is 426 g/mol. The van der Waals surface area contributed by atoms with Gasteiger partial charge in [0.25, 0.3) is 5.91 Å². The first kappa shape index (κ1) is 20.0. The number of carbonyl (C=O) groups excluding carboxylic acids is 1. The van der Waals surface area contributed by atoms with Crippen LogP contribution < -0.4 is 5.48 Å². The summed E-state index contributed by atoms with van der Waals surface area (Å²) in [7, 11) is 0. The van der Waals surface area contributed by atoms with Crippen molar-refractivity contribution in [2.45, 2.75) is 43.8 Å². The Morgan fingerprint density at radius 2 is 1.92 bits per heavy atom. The van der Waals surface area contributed by atoms with Gasteiger partial charge < -0.3 is 0 Å². The number of carbonyl (C=O) groups is 1. The minimum atomic E-state index is -0.544. The lowest BCUT2D eigenvalue weighted by molar-refractivity contribution is -0.131. The van der Waals surface area contributed by atoms with Crippen molar-refractivity contribution in [2.24, 2.45) is 0 Å². The highest BCUT2D eigenvalue weighted by atomic mass is 79.9. The molecule has 0 aliphatic rings. The van der Waals surface area contributed by atoms with Crippen molar-refractivity contribution in [2.75, 3.05) is 6.26 Å². The van der Waals surface area contributed by atoms with Crippen molar-refractivity contribution < 1.29 is 10.0 Å². The lowest BCUT2D eigenvalue weighted by Gasteiger charge is -2.24. The molecule has 1 amide bonds. The number of unbranched alkanes of at least 4 members (excludes halogenated alkanes) is 2. The molecular formula is C17H22BrNO2S3. The van der Waals surface area contributed by atoms with Crippen molar-refractivity contribution in [1.29, 1.82) is 0 Å². The van der Waals surface area contributed by atoms with Crippen LogP contribution in [0.1, 0.15) is 37.5 Å². The summed E-state index contributed by atoms with van der Waals surface area (Å²) >= 11 is 8.63. The van der Waals surface area contributed by atoms with Crippen molar-refractivity contribution in [3.8, 4) is 9.75 Å². The molecule has 132 valence electrons. The van der Waals surface area contributed by atoms with Gasteiger partial charge in [0.15, 0.2) is 0 Å². The molecule has 0 fully saturated rings. The monoisotopic (exact) mass is 447 g/mol. The largest absolute Gasteiger partial charge is 0.289 e. The quantitative estimate of drug-likeness (QED) is 0.282. The van der Waals surface area contributed by atoms with Gasteiger partial charge in [-0.15, -0.1) is 34.4 Å². The van der Waals surface area contributed by atoms with Crippen LogP contribution >= 0.6 is 50.4 Å². The van der Waals surface area contributed by atoms with Crippen molar-refractivity contribution >= 4 is 56.3 Å². The van der Waals surface area contributed by atoms with Crippen LogP contribution in [0.2, 0.25) is 0 Å². The molecule has 0 radical (unpaired) electrons. The van der Waals surface area contributed by atoms with E-state index in [1.54, 1.807) is 16.8 Å². The molecule has 0 aromatic carbocycles. The predicted molar refractivity (Wildman–Crippen MR) is 109 cm³/mol. The number of hydrogen-bond acceptors (Lipinski definition) is 5. The Hall–Kier alpha value is -0.340. The van der Waals surface area contributed by atoms with Crippen LogP contribution in [0.15, 0.2) is 28.1 Å². The van der Waals surface area contributed by atoms with Crippen LogP contribution in [0.3, 0.4) is 0 Å². The highest BCUT2D eigenvalue weighted by Crippen LogP contribution is 2.36. The molecule has 0 saturated carbocycles. The molecule has 0 aliphatic carbocycles. The van der Waals surface area contributed by atoms with Crippen molar-refractivity contribution in [3.05, 3.63) is 32.9 Å². The zero-order chi connectivity index (χ0) is 17.6. The first-order valence-electron chi connectivity index (χ1n) is 7.82. The molecule has 2 aromatic heterocycles. The van der Waals surface area contributed by atoms with Gasteiger partial charge in [-0.3, -0.25) is 10.0 Å². The Kier molecular flexibility index (Phi) is 7.81. The van der Waals surface area contributed by atoms with E-state index in [4.69, 9.17) is 5.21 Å². The van der Waals surface area contributed by atoms with E-state index in [0.29, 0.717) is 0 Å². The summed E-state index contributed by atoms with van der Waals surface area (Å²) in [6, 6.07) is 8.66. The average molecular weight is 448 g/mol. The highest BCUT2D eigenvalue weighted by Gasteiger charge is 2.31. The molecule has 1 unspecified atom stereocenters. The molecule has 0 spiro atoms. The number of nitrogens with one attached hydrogen (secondary N) is 1. The van der Waals surface area contributed by atoms with Gasteiger partial charge in [0, 0.05) is 14.6 Å². The molecule has 2 rings (SSSR count). The standard InChI is InChI=1S/C17H22BrNO2S3/c1-17(22-2,16(20)19-21)11-5-3-4-6-12-7-8-13(23-12)14-9-10-15(18)24-14/h7-10,21H,3-6,11H2,1-2H3,(H,19,20). The second-order valence-electron chi connectivity index (χ2n) is 5.81. The van der Waals surface area contributed by atoms with Gasteiger partial charge in [0.05, 0.1) is 8.53 Å². The minimum Gasteiger partial charge on any atom is -0.289 e. The van der Waals surface area contributed by atoms with E-state index in [1.807, 2.05) is 24.5 Å². The van der Waals surface area contributed by atoms with Crippen LogP contribution in [0.25, 0.3) is 9.75 Å². The molecule has 7 heteroatoms. The molecule has 3 nitrogen and oxygen atoms in total. The fourth-order valence-electron chi connectivity index (χ4n) is 2.46. The summed E-state index contributed by atoms with van der Waals surface area (Å²) in [5.41, 5.74) is 1.78. The van der Waals surface area contributed by atoms with E-state index in [1.165, 1.54) is 26.4 Å². The highest BCUT2D eigenvalue weighted by molar-refractivity contribution is 9.11. The third-order valence-corrected chi connectivity index (χ3v) is 8.34. The molecule has 0 bridgehead atoms. The molecule has 2 aromatic rings. The van der Waals surface area contributed by atoms with E-state index in [0.717, 1.165) is 35.9 Å². The van der Waals surface area contributed by atoms with Gasteiger partial charge in [0.2, 0.25) is 0 Å². The number of thiophene rings is 2. The number of hydroxylamine groups is 1. The molecule has 24 heavy (non-hydrogen) atoms. The van der Waals surface area contributed by atoms with E-state index in [9.17, 15) is 4.79 Å². The minimum absolute atomic E-state index is 0.306. The predicted octanol–water partition coefficient (Wildman–Crippen LogP) is 5.97. The number of amides is 1. The maximum absolute atomic E-state index is 11.7. The SMILES string of the molecule is CSC(C)(CCCCCc1ccc(-c2ccc(Br)s2)s1)C(=O)NO. The molecule has 0 aliphatic heterocycles. The zero-order valence-electron chi connectivity index (χ0n) is 13.8. The lowest BCUT2D eigenvalue weighted by Crippen LogP contribution is -2.40. The number of rotatable bonds is 9. The molecule has 0 saturated heterocycles. The maximum Gasteiger partial charge on any atom is 0.259 e. The van der Waals surface area contributed by atoms with Crippen LogP contribution in [-0.4, -0.2) is 22.1 Å². The Bertz CT molecular complexity index is 670. The topological polar surface area (TPSA) is 49.3 Å². The molecule has 1 atom stereocenters. The smallest absolute Gasteiger partial charge is 0.259 e.